The molecule has 1 aliphatic heterocycles. The van der Waals surface area contributed by atoms with Crippen LogP contribution in [-0.2, 0) is 9.47 Å². The van der Waals surface area contributed by atoms with Crippen molar-refractivity contribution in [2.75, 3.05) is 20.3 Å². The van der Waals surface area contributed by atoms with Gasteiger partial charge < -0.3 is 20.1 Å². The number of methoxy groups -OCH3 is 1. The lowest BCUT2D eigenvalue weighted by Crippen LogP contribution is -2.42. The molecule has 1 rings (SSSR count). The Balaban J connectivity index is 0.00000256. The average Bonchev–Trinajstić information content (AvgIpc) is 2.44. The minimum Gasteiger partial charge on any atom is -0.444 e. The number of carbonyl (C=O) groups excluding carboxylic acids is 1. The smallest absolute Gasteiger partial charge is 0.410 e. The number of nitrogens with zero attached hydrogens (tertiary/aromatic N) is 1. The van der Waals surface area contributed by atoms with Crippen molar-refractivity contribution in [3.8, 4) is 0 Å². The Kier molecular flexibility index (Phi) is 6.23. The van der Waals surface area contributed by atoms with Gasteiger partial charge in [0.1, 0.15) is 5.60 Å². The van der Waals surface area contributed by atoms with Crippen LogP contribution < -0.4 is 5.73 Å². The van der Waals surface area contributed by atoms with Gasteiger partial charge in [-0.15, -0.1) is 12.4 Å². The molecule has 17 heavy (non-hydrogen) atoms. The Morgan fingerprint density at radius 3 is 2.53 bits per heavy atom. The van der Waals surface area contributed by atoms with E-state index in [2.05, 4.69) is 0 Å². The minimum absolute atomic E-state index is 0. The van der Waals surface area contributed by atoms with Gasteiger partial charge in [0.25, 0.3) is 0 Å². The Morgan fingerprint density at radius 2 is 2.06 bits per heavy atom. The molecular formula is C11H23ClN2O3. The summed E-state index contributed by atoms with van der Waals surface area (Å²) in [5.74, 6) is 0. The number of hydrogen-bond acceptors (Lipinski definition) is 4. The lowest BCUT2D eigenvalue weighted by Gasteiger charge is -2.28. The third-order valence-electron chi connectivity index (χ3n) is 2.43. The van der Waals surface area contributed by atoms with Crippen LogP contribution in [0.2, 0.25) is 0 Å². The molecule has 0 aliphatic carbocycles. The van der Waals surface area contributed by atoms with Crippen LogP contribution in [0, 0.1) is 0 Å². The fourth-order valence-corrected chi connectivity index (χ4v) is 1.85. The zero-order chi connectivity index (χ0) is 12.3. The van der Waals surface area contributed by atoms with Gasteiger partial charge in [0.15, 0.2) is 0 Å². The molecule has 1 aliphatic rings. The van der Waals surface area contributed by atoms with Crippen LogP contribution in [0.15, 0.2) is 0 Å². The van der Waals surface area contributed by atoms with Crippen molar-refractivity contribution >= 4 is 18.5 Å². The Labute approximate surface area is 109 Å². The van der Waals surface area contributed by atoms with E-state index < -0.39 is 5.60 Å². The molecule has 2 atom stereocenters. The summed E-state index contributed by atoms with van der Waals surface area (Å²) in [6, 6.07) is 0.0579. The molecule has 102 valence electrons. The molecule has 1 saturated heterocycles. The zero-order valence-electron chi connectivity index (χ0n) is 10.9. The number of nitrogens with two attached hydrogens (primary N) is 1. The number of carbonyl (C=O) groups is 1. The van der Waals surface area contributed by atoms with Crippen molar-refractivity contribution in [3.05, 3.63) is 0 Å². The normalized spacial score (nSPS) is 24.4. The summed E-state index contributed by atoms with van der Waals surface area (Å²) < 4.78 is 10.4. The molecule has 5 nitrogen and oxygen atoms in total. The average molecular weight is 267 g/mol. The third kappa shape index (κ3) is 5.10. The number of ether oxygens (including phenoxy) is 2. The van der Waals surface area contributed by atoms with Crippen LogP contribution in [0.25, 0.3) is 0 Å². The molecular weight excluding hydrogens is 244 g/mol. The topological polar surface area (TPSA) is 64.8 Å². The third-order valence-corrected chi connectivity index (χ3v) is 2.43. The van der Waals surface area contributed by atoms with Gasteiger partial charge in [-0.25, -0.2) is 4.79 Å². The van der Waals surface area contributed by atoms with E-state index in [1.807, 2.05) is 20.8 Å². The molecule has 0 aromatic heterocycles. The molecule has 6 heteroatoms. The van der Waals surface area contributed by atoms with Crippen molar-refractivity contribution < 1.29 is 14.3 Å². The standard InChI is InChI=1S/C11H22N2O3.ClH/c1-11(2,3)16-10(14)13-6-8(12)5-9(13)7-15-4;/h8-9H,5-7,12H2,1-4H3;1H/t8-,9-;/m0./s1. The highest BCUT2D eigenvalue weighted by Gasteiger charge is 2.35. The highest BCUT2D eigenvalue weighted by atomic mass is 35.5. The van der Waals surface area contributed by atoms with E-state index in [0.717, 1.165) is 6.42 Å². The van der Waals surface area contributed by atoms with E-state index >= 15 is 0 Å². The summed E-state index contributed by atoms with van der Waals surface area (Å²) in [5, 5.41) is 0. The quantitative estimate of drug-likeness (QED) is 0.820. The van der Waals surface area contributed by atoms with Gasteiger partial charge in [-0.2, -0.15) is 0 Å². The SMILES string of the molecule is COC[C@@H]1C[C@H](N)CN1C(=O)OC(C)(C)C.Cl. The maximum absolute atomic E-state index is 11.9. The van der Waals surface area contributed by atoms with Crippen LogP contribution in [0.5, 0.6) is 0 Å². The van der Waals surface area contributed by atoms with E-state index in [4.69, 9.17) is 15.2 Å². The van der Waals surface area contributed by atoms with Crippen LogP contribution in [-0.4, -0.2) is 48.9 Å². The van der Waals surface area contributed by atoms with Crippen molar-refractivity contribution in [2.45, 2.75) is 44.9 Å². The fraction of sp³-hybridized carbons (Fsp3) is 0.909. The molecule has 0 aromatic carbocycles. The summed E-state index contributed by atoms with van der Waals surface area (Å²) >= 11 is 0. The molecule has 1 fully saturated rings. The van der Waals surface area contributed by atoms with Crippen LogP contribution in [0.4, 0.5) is 4.79 Å². The second-order valence-electron chi connectivity index (χ2n) is 5.24. The maximum Gasteiger partial charge on any atom is 0.410 e. The van der Waals surface area contributed by atoms with Crippen molar-refractivity contribution in [2.24, 2.45) is 5.73 Å². The summed E-state index contributed by atoms with van der Waals surface area (Å²) in [5.41, 5.74) is 5.37. The first-order valence-corrected chi connectivity index (χ1v) is 5.57. The largest absolute Gasteiger partial charge is 0.444 e. The molecule has 0 aromatic rings. The minimum atomic E-state index is -0.471. The zero-order valence-corrected chi connectivity index (χ0v) is 11.8. The highest BCUT2D eigenvalue weighted by molar-refractivity contribution is 5.85. The molecule has 0 bridgehead atoms. The lowest BCUT2D eigenvalue weighted by atomic mass is 10.2. The summed E-state index contributed by atoms with van der Waals surface area (Å²) in [6.45, 7) is 6.61. The van der Waals surface area contributed by atoms with Crippen molar-refractivity contribution in [1.29, 1.82) is 0 Å². The highest BCUT2D eigenvalue weighted by Crippen LogP contribution is 2.20. The molecule has 0 radical (unpaired) electrons. The number of amides is 1. The van der Waals surface area contributed by atoms with E-state index in [-0.39, 0.29) is 30.6 Å². The van der Waals surface area contributed by atoms with Gasteiger partial charge in [0, 0.05) is 19.7 Å². The Hall–Kier alpha value is -0.520. The summed E-state index contributed by atoms with van der Waals surface area (Å²) in [7, 11) is 1.62. The molecule has 2 N–H and O–H groups in total. The first kappa shape index (κ1) is 16.5. The van der Waals surface area contributed by atoms with Gasteiger partial charge in [-0.3, -0.25) is 0 Å². The number of likely N-dealkylation sites (tertiary alicyclic amines) is 1. The molecule has 0 spiro atoms. The number of rotatable bonds is 2. The molecule has 0 unspecified atom stereocenters. The summed E-state index contributed by atoms with van der Waals surface area (Å²) in [6.07, 6.45) is 0.468. The second kappa shape index (κ2) is 6.42. The predicted molar refractivity (Wildman–Crippen MR) is 68.4 cm³/mol. The summed E-state index contributed by atoms with van der Waals surface area (Å²) in [4.78, 5) is 13.6. The van der Waals surface area contributed by atoms with E-state index in [0.29, 0.717) is 13.2 Å². The molecule has 0 saturated carbocycles. The Morgan fingerprint density at radius 1 is 1.47 bits per heavy atom. The van der Waals surface area contributed by atoms with E-state index in [1.54, 1.807) is 12.0 Å². The van der Waals surface area contributed by atoms with Crippen LogP contribution >= 0.6 is 12.4 Å². The van der Waals surface area contributed by atoms with Crippen molar-refractivity contribution in [1.82, 2.24) is 4.90 Å². The predicted octanol–water partition coefficient (Wildman–Crippen LogP) is 1.39. The first-order valence-electron chi connectivity index (χ1n) is 5.57. The van der Waals surface area contributed by atoms with Gasteiger partial charge in [-0.1, -0.05) is 0 Å². The second-order valence-corrected chi connectivity index (χ2v) is 5.24. The van der Waals surface area contributed by atoms with Gasteiger partial charge >= 0.3 is 6.09 Å². The van der Waals surface area contributed by atoms with Gasteiger partial charge in [0.05, 0.1) is 12.6 Å². The first-order chi connectivity index (χ1) is 7.33. The maximum atomic E-state index is 11.9. The fourth-order valence-electron chi connectivity index (χ4n) is 1.85. The van der Waals surface area contributed by atoms with E-state index in [9.17, 15) is 4.79 Å². The van der Waals surface area contributed by atoms with Crippen molar-refractivity contribution in [3.63, 3.8) is 0 Å². The monoisotopic (exact) mass is 266 g/mol. The van der Waals surface area contributed by atoms with Gasteiger partial charge in [0.2, 0.25) is 0 Å². The van der Waals surface area contributed by atoms with Crippen LogP contribution in [0.3, 0.4) is 0 Å². The van der Waals surface area contributed by atoms with E-state index in [1.165, 1.54) is 0 Å². The lowest BCUT2D eigenvalue weighted by molar-refractivity contribution is 0.0147. The molecule has 1 heterocycles. The Bertz CT molecular complexity index is 256. The number of halogens is 1. The molecule has 1 amide bonds. The van der Waals surface area contributed by atoms with Gasteiger partial charge in [-0.05, 0) is 27.2 Å². The number of hydrogen-bond donors (Lipinski definition) is 1. The van der Waals surface area contributed by atoms with Crippen LogP contribution in [0.1, 0.15) is 27.2 Å².